The van der Waals surface area contributed by atoms with Crippen molar-refractivity contribution in [2.45, 2.75) is 13.8 Å². The molecular weight excluding hydrogens is 266 g/mol. The van der Waals surface area contributed by atoms with Gasteiger partial charge < -0.3 is 15.0 Å². The SMILES string of the molecule is Cc1cccc(C)c1Nc1nncc(N2CCOCC2)n1. The molecule has 21 heavy (non-hydrogen) atoms. The van der Waals surface area contributed by atoms with Crippen LogP contribution in [0, 0.1) is 13.8 Å². The van der Waals surface area contributed by atoms with Crippen LogP contribution in [0.4, 0.5) is 17.5 Å². The van der Waals surface area contributed by atoms with Gasteiger partial charge in [-0.3, -0.25) is 0 Å². The molecule has 110 valence electrons. The quantitative estimate of drug-likeness (QED) is 0.931. The fourth-order valence-corrected chi connectivity index (χ4v) is 2.42. The smallest absolute Gasteiger partial charge is 0.249 e. The molecule has 0 amide bonds. The average molecular weight is 285 g/mol. The molecule has 3 rings (SSSR count). The number of hydrogen-bond donors (Lipinski definition) is 1. The van der Waals surface area contributed by atoms with Gasteiger partial charge in [0, 0.05) is 18.8 Å². The summed E-state index contributed by atoms with van der Waals surface area (Å²) in [5.41, 5.74) is 3.36. The van der Waals surface area contributed by atoms with Gasteiger partial charge in [0.25, 0.3) is 0 Å². The molecule has 6 nitrogen and oxygen atoms in total. The maximum Gasteiger partial charge on any atom is 0.249 e. The summed E-state index contributed by atoms with van der Waals surface area (Å²) in [5, 5.41) is 11.4. The van der Waals surface area contributed by atoms with Crippen LogP contribution in [0.3, 0.4) is 0 Å². The van der Waals surface area contributed by atoms with Crippen molar-refractivity contribution >= 4 is 17.5 Å². The first-order chi connectivity index (χ1) is 10.2. The molecule has 0 unspecified atom stereocenters. The molecule has 0 atom stereocenters. The van der Waals surface area contributed by atoms with E-state index in [-0.39, 0.29) is 0 Å². The van der Waals surface area contributed by atoms with E-state index in [2.05, 4.69) is 51.4 Å². The zero-order chi connectivity index (χ0) is 14.7. The molecule has 2 heterocycles. The number of anilines is 3. The summed E-state index contributed by atoms with van der Waals surface area (Å²) in [7, 11) is 0. The monoisotopic (exact) mass is 285 g/mol. The highest BCUT2D eigenvalue weighted by atomic mass is 16.5. The van der Waals surface area contributed by atoms with E-state index < -0.39 is 0 Å². The second-order valence-electron chi connectivity index (χ2n) is 5.13. The zero-order valence-corrected chi connectivity index (χ0v) is 12.3. The number of rotatable bonds is 3. The summed E-state index contributed by atoms with van der Waals surface area (Å²) >= 11 is 0. The molecule has 0 saturated carbocycles. The van der Waals surface area contributed by atoms with Gasteiger partial charge in [0.1, 0.15) is 0 Å². The number of nitrogens with zero attached hydrogens (tertiary/aromatic N) is 4. The first-order valence-electron chi connectivity index (χ1n) is 7.10. The zero-order valence-electron chi connectivity index (χ0n) is 12.3. The topological polar surface area (TPSA) is 63.2 Å². The third kappa shape index (κ3) is 3.11. The molecule has 2 aromatic rings. The van der Waals surface area contributed by atoms with Crippen LogP contribution >= 0.6 is 0 Å². The van der Waals surface area contributed by atoms with E-state index in [9.17, 15) is 0 Å². The predicted molar refractivity (Wildman–Crippen MR) is 82.1 cm³/mol. The maximum atomic E-state index is 5.36. The summed E-state index contributed by atoms with van der Waals surface area (Å²) in [6.45, 7) is 7.25. The Morgan fingerprint density at radius 2 is 1.86 bits per heavy atom. The van der Waals surface area contributed by atoms with Gasteiger partial charge >= 0.3 is 0 Å². The Morgan fingerprint density at radius 3 is 2.57 bits per heavy atom. The van der Waals surface area contributed by atoms with Crippen molar-refractivity contribution in [1.82, 2.24) is 15.2 Å². The molecule has 1 saturated heterocycles. The second-order valence-corrected chi connectivity index (χ2v) is 5.13. The van der Waals surface area contributed by atoms with Crippen LogP contribution in [0.15, 0.2) is 24.4 Å². The maximum absolute atomic E-state index is 5.36. The minimum absolute atomic E-state index is 0.524. The van der Waals surface area contributed by atoms with Crippen molar-refractivity contribution in [3.8, 4) is 0 Å². The van der Waals surface area contributed by atoms with Crippen molar-refractivity contribution in [2.24, 2.45) is 0 Å². The molecule has 6 heteroatoms. The first-order valence-corrected chi connectivity index (χ1v) is 7.10. The summed E-state index contributed by atoms with van der Waals surface area (Å²) < 4.78 is 5.36. The van der Waals surface area contributed by atoms with Crippen LogP contribution in [0.2, 0.25) is 0 Å². The van der Waals surface area contributed by atoms with Gasteiger partial charge in [-0.1, -0.05) is 18.2 Å². The van der Waals surface area contributed by atoms with Crippen LogP contribution in [0.5, 0.6) is 0 Å². The van der Waals surface area contributed by atoms with Crippen molar-refractivity contribution in [3.63, 3.8) is 0 Å². The molecule has 0 aliphatic carbocycles. The third-order valence-electron chi connectivity index (χ3n) is 3.60. The highest BCUT2D eigenvalue weighted by Crippen LogP contribution is 2.23. The molecule has 1 aliphatic heterocycles. The lowest BCUT2D eigenvalue weighted by atomic mass is 10.1. The minimum atomic E-state index is 0.524. The summed E-state index contributed by atoms with van der Waals surface area (Å²) in [6.07, 6.45) is 1.70. The van der Waals surface area contributed by atoms with E-state index in [4.69, 9.17) is 4.74 Å². The van der Waals surface area contributed by atoms with Crippen molar-refractivity contribution in [1.29, 1.82) is 0 Å². The van der Waals surface area contributed by atoms with Gasteiger partial charge in [0.2, 0.25) is 5.95 Å². The molecule has 1 aromatic carbocycles. The Bertz CT molecular complexity index is 605. The van der Waals surface area contributed by atoms with Crippen LogP contribution in [0.1, 0.15) is 11.1 Å². The van der Waals surface area contributed by atoms with Gasteiger partial charge in [0.05, 0.1) is 19.4 Å². The summed E-state index contributed by atoms with van der Waals surface area (Å²) in [5.74, 6) is 1.36. The molecule has 0 spiro atoms. The number of morpholine rings is 1. The molecule has 1 N–H and O–H groups in total. The lowest BCUT2D eigenvalue weighted by Gasteiger charge is -2.27. The number of ether oxygens (including phenoxy) is 1. The largest absolute Gasteiger partial charge is 0.378 e. The first kappa shape index (κ1) is 13.8. The standard InChI is InChI=1S/C15H19N5O/c1-11-4-3-5-12(2)14(11)18-15-17-13(10-16-19-15)20-6-8-21-9-7-20/h3-5,10H,6-9H2,1-2H3,(H,17,18,19). The van der Waals surface area contributed by atoms with Gasteiger partial charge in [-0.15, -0.1) is 5.10 Å². The van der Waals surface area contributed by atoms with E-state index in [0.29, 0.717) is 5.95 Å². The fourth-order valence-electron chi connectivity index (χ4n) is 2.42. The lowest BCUT2D eigenvalue weighted by molar-refractivity contribution is 0.122. The Labute approximate surface area is 124 Å². The van der Waals surface area contributed by atoms with Crippen molar-refractivity contribution in [2.75, 3.05) is 36.5 Å². The Hall–Kier alpha value is -2.21. The number of nitrogens with one attached hydrogen (secondary N) is 1. The van der Waals surface area contributed by atoms with E-state index in [0.717, 1.165) is 48.9 Å². The minimum Gasteiger partial charge on any atom is -0.378 e. The number of aromatic nitrogens is 3. The van der Waals surface area contributed by atoms with Gasteiger partial charge in [0.15, 0.2) is 5.82 Å². The van der Waals surface area contributed by atoms with Crippen LogP contribution in [0.25, 0.3) is 0 Å². The van der Waals surface area contributed by atoms with Gasteiger partial charge in [-0.05, 0) is 25.0 Å². The highest BCUT2D eigenvalue weighted by Gasteiger charge is 2.14. The molecule has 0 bridgehead atoms. The highest BCUT2D eigenvalue weighted by molar-refractivity contribution is 5.63. The Balaban J connectivity index is 1.83. The Kier molecular flexibility index (Phi) is 3.96. The van der Waals surface area contributed by atoms with Crippen LogP contribution < -0.4 is 10.2 Å². The van der Waals surface area contributed by atoms with E-state index in [1.807, 2.05) is 6.07 Å². The van der Waals surface area contributed by atoms with E-state index in [1.165, 1.54) is 0 Å². The molecule has 1 aliphatic rings. The van der Waals surface area contributed by atoms with Gasteiger partial charge in [-0.2, -0.15) is 10.1 Å². The molecular formula is C15H19N5O. The van der Waals surface area contributed by atoms with Crippen molar-refractivity contribution in [3.05, 3.63) is 35.5 Å². The fraction of sp³-hybridized carbons (Fsp3) is 0.400. The van der Waals surface area contributed by atoms with Crippen molar-refractivity contribution < 1.29 is 4.74 Å². The normalized spacial score (nSPS) is 15.0. The van der Waals surface area contributed by atoms with Crippen LogP contribution in [-0.2, 0) is 4.74 Å². The Morgan fingerprint density at radius 1 is 1.14 bits per heavy atom. The van der Waals surface area contributed by atoms with Gasteiger partial charge in [-0.25, -0.2) is 0 Å². The van der Waals surface area contributed by atoms with Crippen LogP contribution in [-0.4, -0.2) is 41.5 Å². The summed E-state index contributed by atoms with van der Waals surface area (Å²) in [4.78, 5) is 6.72. The molecule has 1 aromatic heterocycles. The number of aryl methyl sites for hydroxylation is 2. The molecule has 0 radical (unpaired) electrons. The number of para-hydroxylation sites is 1. The van der Waals surface area contributed by atoms with E-state index in [1.54, 1.807) is 6.20 Å². The number of hydrogen-bond acceptors (Lipinski definition) is 6. The third-order valence-corrected chi connectivity index (χ3v) is 3.60. The predicted octanol–water partition coefficient (Wildman–Crippen LogP) is 2.07. The lowest BCUT2D eigenvalue weighted by Crippen LogP contribution is -2.37. The van der Waals surface area contributed by atoms with E-state index >= 15 is 0 Å². The molecule has 1 fully saturated rings. The average Bonchev–Trinajstić information content (AvgIpc) is 2.52. The summed E-state index contributed by atoms with van der Waals surface area (Å²) in [6, 6.07) is 6.17. The second kappa shape index (κ2) is 6.05. The number of benzene rings is 1.